The van der Waals surface area contributed by atoms with E-state index >= 15 is 0 Å². The summed E-state index contributed by atoms with van der Waals surface area (Å²) >= 11 is 6.10. The molecule has 1 fully saturated rings. The van der Waals surface area contributed by atoms with Gasteiger partial charge in [-0.3, -0.25) is 4.98 Å². The number of hydrogen-bond acceptors (Lipinski definition) is 4. The van der Waals surface area contributed by atoms with E-state index in [-0.39, 0.29) is 5.41 Å². The van der Waals surface area contributed by atoms with E-state index in [9.17, 15) is 0 Å². The molecule has 1 aliphatic heterocycles. The minimum atomic E-state index is 0.0624. The average Bonchev–Trinajstić information content (AvgIpc) is 2.48. The number of likely N-dealkylation sites (tertiary alicyclic amines) is 1. The van der Waals surface area contributed by atoms with Gasteiger partial charge in [0.15, 0.2) is 5.17 Å². The van der Waals surface area contributed by atoms with Crippen molar-refractivity contribution in [3.8, 4) is 0 Å². The molecular formula is C16H24ClN3O. The number of piperidine rings is 1. The molecule has 2 rings (SSSR count). The lowest BCUT2D eigenvalue weighted by molar-refractivity contribution is 0.0391. The van der Waals surface area contributed by atoms with Gasteiger partial charge in [0.2, 0.25) is 0 Å². The molecule has 0 saturated carbocycles. The number of pyridine rings is 1. The zero-order valence-electron chi connectivity index (χ0n) is 12.9. The molecule has 0 unspecified atom stereocenters. The van der Waals surface area contributed by atoms with Gasteiger partial charge in [-0.1, -0.05) is 37.0 Å². The highest BCUT2D eigenvalue weighted by atomic mass is 35.5. The van der Waals surface area contributed by atoms with E-state index in [0.29, 0.717) is 11.8 Å². The van der Waals surface area contributed by atoms with Crippen LogP contribution < -0.4 is 0 Å². The molecule has 4 nitrogen and oxygen atoms in total. The van der Waals surface area contributed by atoms with Crippen molar-refractivity contribution < 1.29 is 4.84 Å². The summed E-state index contributed by atoms with van der Waals surface area (Å²) in [6.45, 7) is 8.39. The van der Waals surface area contributed by atoms with Gasteiger partial charge in [-0.05, 0) is 38.1 Å². The fourth-order valence-electron chi connectivity index (χ4n) is 2.57. The summed E-state index contributed by atoms with van der Waals surface area (Å²) in [5.74, 6) is 0. The first kappa shape index (κ1) is 16.2. The van der Waals surface area contributed by atoms with Crippen LogP contribution in [-0.4, -0.2) is 41.3 Å². The van der Waals surface area contributed by atoms with E-state index in [0.717, 1.165) is 12.1 Å². The second-order valence-electron chi connectivity index (χ2n) is 6.40. The Morgan fingerprint density at radius 2 is 2.14 bits per heavy atom. The largest absolute Gasteiger partial charge is 0.394 e. The summed E-state index contributed by atoms with van der Waals surface area (Å²) in [7, 11) is 0. The highest BCUT2D eigenvalue weighted by Gasteiger charge is 2.24. The predicted octanol–water partition coefficient (Wildman–Crippen LogP) is 3.51. The number of nitrogens with zero attached hydrogens (tertiary/aromatic N) is 3. The van der Waals surface area contributed by atoms with Crippen molar-refractivity contribution in [1.29, 1.82) is 0 Å². The molecule has 0 aliphatic carbocycles. The number of oxime groups is 1. The maximum atomic E-state index is 6.10. The van der Waals surface area contributed by atoms with Gasteiger partial charge in [0, 0.05) is 29.9 Å². The van der Waals surface area contributed by atoms with Crippen molar-refractivity contribution >= 4 is 16.8 Å². The lowest BCUT2D eigenvalue weighted by atomic mass is 9.93. The van der Waals surface area contributed by atoms with Crippen LogP contribution in [0.2, 0.25) is 0 Å². The van der Waals surface area contributed by atoms with Gasteiger partial charge < -0.3 is 9.74 Å². The van der Waals surface area contributed by atoms with Crippen LogP contribution >= 0.6 is 11.6 Å². The van der Waals surface area contributed by atoms with Crippen LogP contribution in [0.3, 0.4) is 0 Å². The molecule has 21 heavy (non-hydrogen) atoms. The van der Waals surface area contributed by atoms with Crippen molar-refractivity contribution in [3.63, 3.8) is 0 Å². The Morgan fingerprint density at radius 3 is 2.81 bits per heavy atom. The van der Waals surface area contributed by atoms with Crippen LogP contribution in [-0.2, 0) is 4.84 Å². The van der Waals surface area contributed by atoms with Crippen LogP contribution in [0.15, 0.2) is 29.7 Å². The minimum absolute atomic E-state index is 0.0624. The lowest BCUT2D eigenvalue weighted by Crippen LogP contribution is -2.39. The summed E-state index contributed by atoms with van der Waals surface area (Å²) in [6, 6.07) is 3.69. The highest BCUT2D eigenvalue weighted by Crippen LogP contribution is 2.20. The first-order valence-corrected chi connectivity index (χ1v) is 7.93. The Morgan fingerprint density at radius 1 is 1.38 bits per heavy atom. The van der Waals surface area contributed by atoms with Gasteiger partial charge in [0.25, 0.3) is 0 Å². The standard InChI is InChI=1S/C16H24ClN3O/c1-16(2,12-20-9-4-3-5-10-20)13-21-19-15(17)14-7-6-8-18-11-14/h6-8,11H,3-5,9-10,12-13H2,1-2H3/b19-15-. The van der Waals surface area contributed by atoms with E-state index in [1.54, 1.807) is 12.4 Å². The Hall–Kier alpha value is -1.13. The highest BCUT2D eigenvalue weighted by molar-refractivity contribution is 6.69. The zero-order valence-corrected chi connectivity index (χ0v) is 13.6. The summed E-state index contributed by atoms with van der Waals surface area (Å²) in [5, 5.41) is 4.34. The predicted molar refractivity (Wildman–Crippen MR) is 86.7 cm³/mol. The first-order chi connectivity index (χ1) is 10.1. The molecule has 0 amide bonds. The molecule has 1 saturated heterocycles. The Kier molecular flexibility index (Phi) is 6.00. The number of hydrogen-bond donors (Lipinski definition) is 0. The quantitative estimate of drug-likeness (QED) is 0.596. The first-order valence-electron chi connectivity index (χ1n) is 7.55. The molecule has 1 aliphatic rings. The fourth-order valence-corrected chi connectivity index (χ4v) is 2.73. The number of rotatable bonds is 6. The zero-order chi connectivity index (χ0) is 15.1. The van der Waals surface area contributed by atoms with Crippen LogP contribution in [0.25, 0.3) is 0 Å². The van der Waals surface area contributed by atoms with E-state index in [1.165, 1.54) is 32.4 Å². The summed E-state index contributed by atoms with van der Waals surface area (Å²) in [4.78, 5) is 12.0. The molecule has 0 aromatic carbocycles. The average molecular weight is 310 g/mol. The maximum Gasteiger partial charge on any atom is 0.177 e. The number of aromatic nitrogens is 1. The SMILES string of the molecule is CC(C)(CO/N=C(\Cl)c1cccnc1)CN1CCCCC1. The molecule has 116 valence electrons. The molecule has 0 atom stereocenters. The van der Waals surface area contributed by atoms with Crippen LogP contribution in [0.4, 0.5) is 0 Å². The molecule has 0 N–H and O–H groups in total. The molecule has 0 bridgehead atoms. The van der Waals surface area contributed by atoms with Crippen LogP contribution in [0.5, 0.6) is 0 Å². The Labute approximate surface area is 132 Å². The monoisotopic (exact) mass is 309 g/mol. The topological polar surface area (TPSA) is 37.7 Å². The summed E-state index contributed by atoms with van der Waals surface area (Å²) in [6.07, 6.45) is 7.35. The van der Waals surface area contributed by atoms with E-state index < -0.39 is 0 Å². The lowest BCUT2D eigenvalue weighted by Gasteiger charge is -2.34. The summed E-state index contributed by atoms with van der Waals surface area (Å²) in [5.41, 5.74) is 0.834. The van der Waals surface area contributed by atoms with Gasteiger partial charge in [0.05, 0.1) is 0 Å². The fraction of sp³-hybridized carbons (Fsp3) is 0.625. The van der Waals surface area contributed by atoms with E-state index in [2.05, 4.69) is 28.9 Å². The van der Waals surface area contributed by atoms with Gasteiger partial charge in [0.1, 0.15) is 6.61 Å². The smallest absolute Gasteiger partial charge is 0.177 e. The van der Waals surface area contributed by atoms with Gasteiger partial charge >= 0.3 is 0 Å². The molecule has 0 radical (unpaired) electrons. The molecule has 5 heteroatoms. The van der Waals surface area contributed by atoms with Crippen LogP contribution in [0, 0.1) is 5.41 Å². The van der Waals surface area contributed by atoms with Crippen molar-refractivity contribution in [1.82, 2.24) is 9.88 Å². The van der Waals surface area contributed by atoms with Crippen molar-refractivity contribution in [3.05, 3.63) is 30.1 Å². The second-order valence-corrected chi connectivity index (χ2v) is 6.76. The van der Waals surface area contributed by atoms with Crippen molar-refractivity contribution in [2.75, 3.05) is 26.2 Å². The van der Waals surface area contributed by atoms with Gasteiger partial charge in [-0.15, -0.1) is 0 Å². The normalized spacial score (nSPS) is 17.8. The van der Waals surface area contributed by atoms with E-state index in [4.69, 9.17) is 16.4 Å². The number of halogens is 1. The maximum absolute atomic E-state index is 6.10. The third-order valence-corrected chi connectivity index (χ3v) is 3.89. The van der Waals surface area contributed by atoms with E-state index in [1.807, 2.05) is 12.1 Å². The van der Waals surface area contributed by atoms with Gasteiger partial charge in [-0.2, -0.15) is 0 Å². The van der Waals surface area contributed by atoms with Crippen LogP contribution in [0.1, 0.15) is 38.7 Å². The van der Waals surface area contributed by atoms with Crippen molar-refractivity contribution in [2.45, 2.75) is 33.1 Å². The summed E-state index contributed by atoms with van der Waals surface area (Å²) < 4.78 is 0. The van der Waals surface area contributed by atoms with Crippen molar-refractivity contribution in [2.24, 2.45) is 10.6 Å². The van der Waals surface area contributed by atoms with Gasteiger partial charge in [-0.25, -0.2) is 0 Å². The Bertz CT molecular complexity index is 456. The molecule has 1 aromatic heterocycles. The third kappa shape index (κ3) is 5.64. The molecule has 0 spiro atoms. The molecule has 1 aromatic rings. The minimum Gasteiger partial charge on any atom is -0.394 e. The Balaban J connectivity index is 1.80. The third-order valence-electron chi connectivity index (χ3n) is 3.60. The molecule has 2 heterocycles. The second kappa shape index (κ2) is 7.76. The molecular weight excluding hydrogens is 286 g/mol.